The quantitative estimate of drug-likeness (QED) is 0.332. The van der Waals surface area contributed by atoms with Crippen LogP contribution in [-0.2, 0) is 27.8 Å². The fourth-order valence-corrected chi connectivity index (χ4v) is 4.72. The van der Waals surface area contributed by atoms with Crippen molar-refractivity contribution in [2.75, 3.05) is 30.6 Å². The van der Waals surface area contributed by atoms with E-state index in [4.69, 9.17) is 0 Å². The maximum Gasteiger partial charge on any atom is 0.243 e. The minimum Gasteiger partial charge on any atom is -0.361 e. The van der Waals surface area contributed by atoms with E-state index in [0.717, 1.165) is 61.6 Å². The van der Waals surface area contributed by atoms with Crippen molar-refractivity contribution in [2.24, 2.45) is 0 Å². The SMILES string of the molecule is CS(=O)(=O)Nc1ccc2c(c1)CN(CCCCNC(=O)/C=C/c1ccc3[nH]ccc3c1)CC2. The van der Waals surface area contributed by atoms with E-state index in [9.17, 15) is 13.2 Å². The van der Waals surface area contributed by atoms with E-state index in [-0.39, 0.29) is 5.91 Å². The predicted molar refractivity (Wildman–Crippen MR) is 133 cm³/mol. The van der Waals surface area contributed by atoms with Gasteiger partial charge in [-0.2, -0.15) is 0 Å². The lowest BCUT2D eigenvalue weighted by Crippen LogP contribution is -2.32. The van der Waals surface area contributed by atoms with E-state index < -0.39 is 10.0 Å². The van der Waals surface area contributed by atoms with Crippen molar-refractivity contribution in [3.05, 3.63) is 71.4 Å². The second-order valence-corrected chi connectivity index (χ2v) is 10.3. The van der Waals surface area contributed by atoms with Gasteiger partial charge in [-0.25, -0.2) is 8.42 Å². The number of carbonyl (C=O) groups excluding carboxylic acids is 1. The van der Waals surface area contributed by atoms with Crippen molar-refractivity contribution in [3.63, 3.8) is 0 Å². The summed E-state index contributed by atoms with van der Waals surface area (Å²) in [6.45, 7) is 3.40. The first-order valence-electron chi connectivity index (χ1n) is 11.2. The number of unbranched alkanes of at least 4 members (excludes halogenated alkanes) is 1. The van der Waals surface area contributed by atoms with Crippen LogP contribution in [-0.4, -0.2) is 50.1 Å². The van der Waals surface area contributed by atoms with E-state index in [2.05, 4.69) is 19.9 Å². The van der Waals surface area contributed by atoms with Crippen molar-refractivity contribution >= 4 is 38.6 Å². The number of H-pyrrole nitrogens is 1. The Balaban J connectivity index is 1.17. The highest BCUT2D eigenvalue weighted by atomic mass is 32.2. The highest BCUT2D eigenvalue weighted by Gasteiger charge is 2.16. The van der Waals surface area contributed by atoms with Crippen LogP contribution >= 0.6 is 0 Å². The Labute approximate surface area is 194 Å². The average molecular weight is 467 g/mol. The molecule has 1 amide bonds. The number of rotatable bonds is 9. The van der Waals surface area contributed by atoms with Gasteiger partial charge in [0.1, 0.15) is 0 Å². The second-order valence-electron chi connectivity index (χ2n) is 8.54. The zero-order valence-corrected chi connectivity index (χ0v) is 19.6. The highest BCUT2D eigenvalue weighted by molar-refractivity contribution is 7.92. The summed E-state index contributed by atoms with van der Waals surface area (Å²) in [5.74, 6) is -0.0815. The molecule has 3 aromatic rings. The molecule has 0 saturated carbocycles. The molecule has 1 aliphatic rings. The normalized spacial score (nSPS) is 14.5. The second kappa shape index (κ2) is 10.2. The number of carbonyl (C=O) groups is 1. The summed E-state index contributed by atoms with van der Waals surface area (Å²) in [5.41, 5.74) is 5.14. The number of aromatic amines is 1. The summed E-state index contributed by atoms with van der Waals surface area (Å²) in [6, 6.07) is 13.8. The van der Waals surface area contributed by atoms with Crippen LogP contribution in [0.5, 0.6) is 0 Å². The van der Waals surface area contributed by atoms with Crippen molar-refractivity contribution in [1.29, 1.82) is 0 Å². The number of aromatic nitrogens is 1. The van der Waals surface area contributed by atoms with E-state index in [1.807, 2.05) is 54.7 Å². The molecule has 3 N–H and O–H groups in total. The average Bonchev–Trinajstić information content (AvgIpc) is 3.24. The Morgan fingerprint density at radius 3 is 2.85 bits per heavy atom. The Bertz CT molecular complexity index is 1260. The van der Waals surface area contributed by atoms with Gasteiger partial charge in [-0.05, 0) is 84.3 Å². The standard InChI is InChI=1S/C25H30N4O3S/c1-33(31,32)28-23-7-6-20-11-15-29(18-22(20)17-23)14-3-2-12-27-25(30)9-5-19-4-8-24-21(16-19)10-13-26-24/h4-10,13,16-17,26,28H,2-3,11-12,14-15,18H2,1H3,(H,27,30)/b9-5+. The monoisotopic (exact) mass is 466 g/mol. The molecule has 0 fully saturated rings. The van der Waals surface area contributed by atoms with Gasteiger partial charge in [0.15, 0.2) is 0 Å². The van der Waals surface area contributed by atoms with Gasteiger partial charge in [0.05, 0.1) is 6.26 Å². The summed E-state index contributed by atoms with van der Waals surface area (Å²) in [4.78, 5) is 17.6. The molecule has 8 heteroatoms. The van der Waals surface area contributed by atoms with E-state index in [1.165, 1.54) is 11.1 Å². The van der Waals surface area contributed by atoms with Gasteiger partial charge in [-0.3, -0.25) is 14.4 Å². The highest BCUT2D eigenvalue weighted by Crippen LogP contribution is 2.23. The maximum atomic E-state index is 12.1. The fourth-order valence-electron chi connectivity index (χ4n) is 4.16. The molecule has 4 rings (SSSR count). The third kappa shape index (κ3) is 6.69. The first-order valence-corrected chi connectivity index (χ1v) is 13.1. The van der Waals surface area contributed by atoms with Gasteiger partial charge in [-0.15, -0.1) is 0 Å². The number of sulfonamides is 1. The first kappa shape index (κ1) is 23.1. The molecule has 0 unspecified atom stereocenters. The molecule has 7 nitrogen and oxygen atoms in total. The van der Waals surface area contributed by atoms with Crippen LogP contribution in [0.1, 0.15) is 29.5 Å². The zero-order chi connectivity index (χ0) is 23.3. The van der Waals surface area contributed by atoms with Crippen LogP contribution < -0.4 is 10.0 Å². The molecule has 0 aliphatic carbocycles. The molecule has 33 heavy (non-hydrogen) atoms. The Kier molecular flexibility index (Phi) is 7.15. The summed E-state index contributed by atoms with van der Waals surface area (Å²) in [6.07, 6.45) is 9.34. The predicted octanol–water partition coefficient (Wildman–Crippen LogP) is 3.51. The molecule has 0 bridgehead atoms. The van der Waals surface area contributed by atoms with E-state index in [1.54, 1.807) is 6.08 Å². The molecular weight excluding hydrogens is 436 g/mol. The molecule has 2 heterocycles. The molecule has 1 aromatic heterocycles. The van der Waals surface area contributed by atoms with E-state index in [0.29, 0.717) is 12.2 Å². The Morgan fingerprint density at radius 2 is 2.00 bits per heavy atom. The van der Waals surface area contributed by atoms with Crippen molar-refractivity contribution < 1.29 is 13.2 Å². The van der Waals surface area contributed by atoms with Crippen LogP contribution in [0.15, 0.2) is 54.7 Å². The number of nitrogens with zero attached hydrogens (tertiary/aromatic N) is 1. The third-order valence-electron chi connectivity index (χ3n) is 5.81. The molecule has 174 valence electrons. The number of hydrogen-bond donors (Lipinski definition) is 3. The maximum absolute atomic E-state index is 12.1. The number of benzene rings is 2. The van der Waals surface area contributed by atoms with Crippen molar-refractivity contribution in [2.45, 2.75) is 25.8 Å². The van der Waals surface area contributed by atoms with Gasteiger partial charge >= 0.3 is 0 Å². The van der Waals surface area contributed by atoms with Crippen molar-refractivity contribution in [1.82, 2.24) is 15.2 Å². The van der Waals surface area contributed by atoms with E-state index >= 15 is 0 Å². The fraction of sp³-hybridized carbons (Fsp3) is 0.320. The molecule has 0 saturated heterocycles. The topological polar surface area (TPSA) is 94.3 Å². The third-order valence-corrected chi connectivity index (χ3v) is 6.41. The number of nitrogens with one attached hydrogen (secondary N) is 3. The van der Waals surface area contributed by atoms with Crippen LogP contribution in [0.4, 0.5) is 5.69 Å². The number of fused-ring (bicyclic) bond motifs is 2. The van der Waals surface area contributed by atoms with Crippen LogP contribution in [0, 0.1) is 0 Å². The lowest BCUT2D eigenvalue weighted by atomic mass is 9.99. The molecule has 0 radical (unpaired) electrons. The number of amides is 1. The number of hydrogen-bond acceptors (Lipinski definition) is 4. The Morgan fingerprint density at radius 1 is 1.12 bits per heavy atom. The zero-order valence-electron chi connectivity index (χ0n) is 18.8. The Hall–Kier alpha value is -3.10. The number of anilines is 1. The van der Waals surface area contributed by atoms with Crippen LogP contribution in [0.25, 0.3) is 17.0 Å². The molecule has 0 atom stereocenters. The van der Waals surface area contributed by atoms with Gasteiger partial charge in [0, 0.05) is 43.1 Å². The largest absolute Gasteiger partial charge is 0.361 e. The lowest BCUT2D eigenvalue weighted by molar-refractivity contribution is -0.116. The minimum atomic E-state index is -3.28. The van der Waals surface area contributed by atoms with Gasteiger partial charge < -0.3 is 10.3 Å². The smallest absolute Gasteiger partial charge is 0.243 e. The lowest BCUT2D eigenvalue weighted by Gasteiger charge is -2.29. The first-order chi connectivity index (χ1) is 15.9. The van der Waals surface area contributed by atoms with Gasteiger partial charge in [-0.1, -0.05) is 12.1 Å². The van der Waals surface area contributed by atoms with Crippen LogP contribution in [0.3, 0.4) is 0 Å². The summed E-state index contributed by atoms with van der Waals surface area (Å²) < 4.78 is 25.5. The molecular formula is C25H30N4O3S. The minimum absolute atomic E-state index is 0.0815. The van der Waals surface area contributed by atoms with Crippen LogP contribution in [0.2, 0.25) is 0 Å². The molecule has 2 aromatic carbocycles. The van der Waals surface area contributed by atoms with Gasteiger partial charge in [0.25, 0.3) is 0 Å². The summed E-state index contributed by atoms with van der Waals surface area (Å²) >= 11 is 0. The van der Waals surface area contributed by atoms with Gasteiger partial charge in [0.2, 0.25) is 15.9 Å². The summed E-state index contributed by atoms with van der Waals surface area (Å²) in [5, 5.41) is 4.08. The summed E-state index contributed by atoms with van der Waals surface area (Å²) in [7, 11) is -3.28. The molecule has 1 aliphatic heterocycles. The molecule has 0 spiro atoms. The van der Waals surface area contributed by atoms with Crippen molar-refractivity contribution in [3.8, 4) is 0 Å².